The topological polar surface area (TPSA) is 73.4 Å². The molecule has 1 saturated heterocycles. The third-order valence-electron chi connectivity index (χ3n) is 8.42. The van der Waals surface area contributed by atoms with E-state index in [1.807, 2.05) is 68.4 Å². The quantitative estimate of drug-likeness (QED) is 0.102. The second-order valence-corrected chi connectivity index (χ2v) is 12.6. The molecule has 0 bridgehead atoms. The van der Waals surface area contributed by atoms with Gasteiger partial charge in [0.1, 0.15) is 30.0 Å². The van der Waals surface area contributed by atoms with Gasteiger partial charge in [0.05, 0.1) is 24.4 Å². The van der Waals surface area contributed by atoms with Crippen LogP contribution in [0.5, 0.6) is 23.0 Å². The largest absolute Gasteiger partial charge is 0.496 e. The fourth-order valence-electron chi connectivity index (χ4n) is 5.42. The van der Waals surface area contributed by atoms with Gasteiger partial charge in [0, 0.05) is 37.3 Å². The van der Waals surface area contributed by atoms with Crippen LogP contribution in [0, 0.1) is 13.8 Å². The van der Waals surface area contributed by atoms with Crippen LogP contribution in [0.1, 0.15) is 27.0 Å². The van der Waals surface area contributed by atoms with Gasteiger partial charge in [-0.15, -0.1) is 11.3 Å². The normalized spacial score (nSPS) is 14.0. The first-order chi connectivity index (χ1) is 22.9. The zero-order chi connectivity index (χ0) is 32.8. The van der Waals surface area contributed by atoms with E-state index < -0.39 is 0 Å². The molecule has 47 heavy (non-hydrogen) atoms. The van der Waals surface area contributed by atoms with Crippen molar-refractivity contribution in [1.82, 2.24) is 14.8 Å². The van der Waals surface area contributed by atoms with E-state index in [1.165, 1.54) is 4.70 Å². The van der Waals surface area contributed by atoms with Gasteiger partial charge in [-0.1, -0.05) is 24.3 Å². The van der Waals surface area contributed by atoms with Crippen molar-refractivity contribution in [2.75, 3.05) is 53.9 Å². The number of carbonyl (C=O) groups excluding carboxylic acids is 1. The smallest absolute Gasteiger partial charge is 0.185 e. The standard InChI is InChI=1S/C38H39N3O5S/c1-26-21-30(23-35(44-4)27(26)2)33(42)15-9-28-10-16-34(43-3)36(22-28)46-25-41-19-17-40(18-20-41)24-45-31-13-11-29(12-14-31)38-39-32-7-5-6-8-37(32)47-38/h5-16,21-23H,17-20,24-25H2,1-4H3/b15-9+. The van der Waals surface area contributed by atoms with E-state index in [-0.39, 0.29) is 5.78 Å². The van der Waals surface area contributed by atoms with Crippen molar-refractivity contribution in [2.24, 2.45) is 0 Å². The molecule has 5 aromatic rings. The van der Waals surface area contributed by atoms with Crippen LogP contribution in [0.15, 0.2) is 84.9 Å². The van der Waals surface area contributed by atoms with Crippen LogP contribution < -0.4 is 18.9 Å². The van der Waals surface area contributed by atoms with Gasteiger partial charge in [0.25, 0.3) is 0 Å². The number of hydrogen-bond donors (Lipinski definition) is 0. The summed E-state index contributed by atoms with van der Waals surface area (Å²) < 4.78 is 24.5. The molecule has 0 saturated carbocycles. The predicted octanol–water partition coefficient (Wildman–Crippen LogP) is 7.48. The first-order valence-corrected chi connectivity index (χ1v) is 16.4. The lowest BCUT2D eigenvalue weighted by atomic mass is 10.0. The summed E-state index contributed by atoms with van der Waals surface area (Å²) in [5.74, 6) is 2.75. The Morgan fingerprint density at radius 1 is 0.809 bits per heavy atom. The van der Waals surface area contributed by atoms with Crippen molar-refractivity contribution in [3.8, 4) is 33.6 Å². The molecule has 1 aliphatic heterocycles. The summed E-state index contributed by atoms with van der Waals surface area (Å²) in [5, 5.41) is 1.02. The third kappa shape index (κ3) is 7.82. The predicted molar refractivity (Wildman–Crippen MR) is 188 cm³/mol. The molecule has 1 aliphatic rings. The van der Waals surface area contributed by atoms with Gasteiger partial charge in [-0.05, 0) is 97.3 Å². The number of ketones is 1. The number of piperazine rings is 1. The van der Waals surface area contributed by atoms with Crippen LogP contribution in [0.25, 0.3) is 26.9 Å². The number of methoxy groups -OCH3 is 2. The van der Waals surface area contributed by atoms with Gasteiger partial charge in [0.15, 0.2) is 17.3 Å². The summed E-state index contributed by atoms with van der Waals surface area (Å²) in [6.45, 7) is 8.39. The van der Waals surface area contributed by atoms with Gasteiger partial charge in [0.2, 0.25) is 0 Å². The van der Waals surface area contributed by atoms with E-state index in [4.69, 9.17) is 23.9 Å². The molecule has 0 N–H and O–H groups in total. The molecule has 8 nitrogen and oxygen atoms in total. The highest BCUT2D eigenvalue weighted by Gasteiger charge is 2.18. The highest BCUT2D eigenvalue weighted by atomic mass is 32.1. The lowest BCUT2D eigenvalue weighted by Gasteiger charge is -2.34. The van der Waals surface area contributed by atoms with Gasteiger partial charge < -0.3 is 18.9 Å². The second kappa shape index (κ2) is 14.8. The SMILES string of the molecule is COc1ccc(/C=C/C(=O)c2cc(C)c(C)c(OC)c2)cc1OCN1CCN(COc2ccc(-c3nc4ccccc4s3)cc2)CC1. The molecular formula is C38H39N3O5S. The fraction of sp³-hybridized carbons (Fsp3) is 0.263. The van der Waals surface area contributed by atoms with Crippen molar-refractivity contribution in [3.63, 3.8) is 0 Å². The number of carbonyl (C=O) groups is 1. The number of hydrogen-bond acceptors (Lipinski definition) is 9. The monoisotopic (exact) mass is 649 g/mol. The average Bonchev–Trinajstić information content (AvgIpc) is 3.55. The van der Waals surface area contributed by atoms with E-state index >= 15 is 0 Å². The van der Waals surface area contributed by atoms with Gasteiger partial charge in [-0.2, -0.15) is 0 Å². The van der Waals surface area contributed by atoms with Gasteiger partial charge >= 0.3 is 0 Å². The number of rotatable bonds is 12. The second-order valence-electron chi connectivity index (χ2n) is 11.5. The van der Waals surface area contributed by atoms with Crippen molar-refractivity contribution < 1.29 is 23.7 Å². The Balaban J connectivity index is 0.979. The number of aromatic nitrogens is 1. The fourth-order valence-corrected chi connectivity index (χ4v) is 6.39. The van der Waals surface area contributed by atoms with E-state index in [0.717, 1.165) is 64.7 Å². The lowest BCUT2D eigenvalue weighted by molar-refractivity contribution is 0.0325. The van der Waals surface area contributed by atoms with Crippen LogP contribution in [0.3, 0.4) is 0 Å². The van der Waals surface area contributed by atoms with Gasteiger partial charge in [-0.25, -0.2) is 4.98 Å². The molecule has 2 heterocycles. The Kier molecular flexibility index (Phi) is 10.2. The summed E-state index contributed by atoms with van der Waals surface area (Å²) in [4.78, 5) is 22.2. The highest BCUT2D eigenvalue weighted by Crippen LogP contribution is 2.32. The zero-order valence-corrected chi connectivity index (χ0v) is 28.0. The molecule has 1 fully saturated rings. The number of allylic oxidation sites excluding steroid dienone is 1. The van der Waals surface area contributed by atoms with Crippen molar-refractivity contribution in [1.29, 1.82) is 0 Å². The minimum absolute atomic E-state index is 0.0898. The minimum atomic E-state index is -0.0898. The van der Waals surface area contributed by atoms with Crippen LogP contribution in [-0.4, -0.2) is 74.4 Å². The average molecular weight is 650 g/mol. The summed E-state index contributed by atoms with van der Waals surface area (Å²) >= 11 is 1.70. The summed E-state index contributed by atoms with van der Waals surface area (Å²) in [7, 11) is 3.24. The molecule has 0 unspecified atom stereocenters. The first-order valence-electron chi connectivity index (χ1n) is 15.6. The van der Waals surface area contributed by atoms with Crippen LogP contribution in [0.4, 0.5) is 0 Å². The Bertz CT molecular complexity index is 1840. The van der Waals surface area contributed by atoms with Gasteiger partial charge in [-0.3, -0.25) is 14.6 Å². The maximum absolute atomic E-state index is 12.9. The number of benzene rings is 4. The van der Waals surface area contributed by atoms with Crippen LogP contribution in [0.2, 0.25) is 0 Å². The van der Waals surface area contributed by atoms with Crippen molar-refractivity contribution in [2.45, 2.75) is 13.8 Å². The van der Waals surface area contributed by atoms with E-state index in [2.05, 4.69) is 28.0 Å². The van der Waals surface area contributed by atoms with Crippen molar-refractivity contribution in [3.05, 3.63) is 107 Å². The highest BCUT2D eigenvalue weighted by molar-refractivity contribution is 7.21. The summed E-state index contributed by atoms with van der Waals surface area (Å²) in [6, 6.07) is 25.7. The van der Waals surface area contributed by atoms with Crippen LogP contribution >= 0.6 is 11.3 Å². The number of fused-ring (bicyclic) bond motifs is 1. The molecule has 242 valence electrons. The minimum Gasteiger partial charge on any atom is -0.496 e. The molecule has 1 aromatic heterocycles. The first kappa shape index (κ1) is 32.2. The van der Waals surface area contributed by atoms with E-state index in [0.29, 0.717) is 36.3 Å². The molecule has 0 atom stereocenters. The lowest BCUT2D eigenvalue weighted by Crippen LogP contribution is -2.48. The Morgan fingerprint density at radius 3 is 2.21 bits per heavy atom. The number of ether oxygens (including phenoxy) is 4. The number of nitrogens with zero attached hydrogens (tertiary/aromatic N) is 3. The van der Waals surface area contributed by atoms with Crippen LogP contribution in [-0.2, 0) is 0 Å². The number of para-hydroxylation sites is 1. The summed E-state index contributed by atoms with van der Waals surface area (Å²) in [6.07, 6.45) is 3.37. The maximum atomic E-state index is 12.9. The Labute approximate surface area is 279 Å². The molecule has 0 aliphatic carbocycles. The Morgan fingerprint density at radius 2 is 1.51 bits per heavy atom. The molecule has 4 aromatic carbocycles. The van der Waals surface area contributed by atoms with Crippen molar-refractivity contribution >= 4 is 33.4 Å². The number of aryl methyl sites for hydroxylation is 1. The molecule has 0 spiro atoms. The zero-order valence-electron chi connectivity index (χ0n) is 27.2. The van der Waals surface area contributed by atoms with E-state index in [1.54, 1.807) is 43.8 Å². The maximum Gasteiger partial charge on any atom is 0.185 e. The third-order valence-corrected chi connectivity index (χ3v) is 9.50. The molecule has 0 radical (unpaired) electrons. The number of thiazole rings is 1. The molecule has 0 amide bonds. The molecule has 9 heteroatoms. The molecule has 6 rings (SSSR count). The molecular weight excluding hydrogens is 611 g/mol. The Hall–Kier alpha value is -4.70. The summed E-state index contributed by atoms with van der Waals surface area (Å²) in [5.41, 5.74) is 5.61. The van der Waals surface area contributed by atoms with E-state index in [9.17, 15) is 4.79 Å².